The average molecular weight is 705 g/mol. The molecule has 2 aromatic carbocycles. The number of hydrogen-bond donors (Lipinski definition) is 2. The molecule has 16 heteroatoms. The maximum atomic E-state index is 14.3. The fraction of sp³-hybridized carbons (Fsp3) is 0.188. The van der Waals surface area contributed by atoms with E-state index in [1.807, 2.05) is 27.7 Å². The molecule has 0 amide bonds. The van der Waals surface area contributed by atoms with E-state index in [2.05, 4.69) is 41.0 Å². The summed E-state index contributed by atoms with van der Waals surface area (Å²) in [6.07, 6.45) is 2.87. The second-order valence-corrected chi connectivity index (χ2v) is 11.7. The Balaban J connectivity index is 0.000000188. The largest absolute Gasteiger partial charge is 0.380 e. The summed E-state index contributed by atoms with van der Waals surface area (Å²) in [4.78, 5) is 8.45. The number of rotatable bonds is 6. The predicted octanol–water partition coefficient (Wildman–Crippen LogP) is 9.17. The number of anilines is 2. The van der Waals surface area contributed by atoms with Crippen LogP contribution in [-0.2, 0) is 0 Å². The highest BCUT2D eigenvalue weighted by molar-refractivity contribution is 6.38. The van der Waals surface area contributed by atoms with Crippen molar-refractivity contribution < 1.29 is 26.3 Å². The Morgan fingerprint density at radius 1 is 0.583 bits per heavy atom. The molecule has 4 heterocycles. The predicted molar refractivity (Wildman–Crippen MR) is 173 cm³/mol. The van der Waals surface area contributed by atoms with Gasteiger partial charge in [-0.05, 0) is 39.8 Å². The minimum Gasteiger partial charge on any atom is -0.380 e. The summed E-state index contributed by atoms with van der Waals surface area (Å²) in [5, 5.41) is 21.3. The minimum atomic E-state index is -1.08. The number of pyridine rings is 2. The first-order valence-electron chi connectivity index (χ1n) is 14.2. The summed E-state index contributed by atoms with van der Waals surface area (Å²) in [6.45, 7) is 7.37. The Morgan fingerprint density at radius 3 is 1.54 bits per heavy atom. The second kappa shape index (κ2) is 14.1. The molecule has 0 radical (unpaired) electrons. The fourth-order valence-electron chi connectivity index (χ4n) is 4.77. The number of halogens is 8. The lowest BCUT2D eigenvalue weighted by Crippen LogP contribution is -2.13. The van der Waals surface area contributed by atoms with Crippen LogP contribution < -0.4 is 10.6 Å². The topological polar surface area (TPSA) is 101 Å². The molecule has 4 aromatic heterocycles. The van der Waals surface area contributed by atoms with Gasteiger partial charge < -0.3 is 10.6 Å². The summed E-state index contributed by atoms with van der Waals surface area (Å²) in [5.74, 6) is -6.16. The van der Waals surface area contributed by atoms with E-state index >= 15 is 0 Å². The normalized spacial score (nSPS) is 11.3. The van der Waals surface area contributed by atoms with Gasteiger partial charge >= 0.3 is 0 Å². The first-order valence-corrected chi connectivity index (χ1v) is 15.0. The summed E-state index contributed by atoms with van der Waals surface area (Å²) in [6, 6.07) is 5.37. The Hall–Kier alpha value is -4.82. The molecule has 0 atom stereocenters. The van der Waals surface area contributed by atoms with Gasteiger partial charge in [-0.25, -0.2) is 36.3 Å². The lowest BCUT2D eigenvalue weighted by molar-refractivity contribution is 0.547. The first-order chi connectivity index (χ1) is 22.8. The monoisotopic (exact) mass is 704 g/mol. The molecule has 0 spiro atoms. The zero-order valence-corrected chi connectivity index (χ0v) is 27.0. The molecule has 0 aliphatic rings. The molecule has 6 rings (SSSR count). The van der Waals surface area contributed by atoms with Crippen LogP contribution in [-0.4, -0.2) is 42.4 Å². The van der Waals surface area contributed by atoms with Crippen molar-refractivity contribution in [2.24, 2.45) is 0 Å². The zero-order valence-electron chi connectivity index (χ0n) is 25.5. The highest BCUT2D eigenvalue weighted by atomic mass is 35.5. The molecule has 0 saturated heterocycles. The number of hydrogen-bond acceptors (Lipinski definition) is 8. The molecule has 0 fully saturated rings. The number of fused-ring (bicyclic) bond motifs is 2. The van der Waals surface area contributed by atoms with Gasteiger partial charge in [0, 0.05) is 36.3 Å². The summed E-state index contributed by atoms with van der Waals surface area (Å²) in [5.41, 5.74) is 0.670. The van der Waals surface area contributed by atoms with Gasteiger partial charge in [0.2, 0.25) is 0 Å². The Kier molecular flexibility index (Phi) is 10.2. The van der Waals surface area contributed by atoms with E-state index in [0.717, 1.165) is 0 Å². The molecule has 0 saturated carbocycles. The van der Waals surface area contributed by atoms with E-state index in [9.17, 15) is 26.3 Å². The van der Waals surface area contributed by atoms with Gasteiger partial charge in [0.15, 0.2) is 0 Å². The number of benzene rings is 2. The van der Waals surface area contributed by atoms with E-state index in [-0.39, 0.29) is 50.4 Å². The SMILES string of the molecule is CC(C)Nc1c(-c2c(F)cc(F)cc2F)c(Cl)nc2ccnnc12.CC(C)Nc1nc2ccnnc2c(Cl)c1-c1c(F)cc(F)cc1F. The molecule has 248 valence electrons. The van der Waals surface area contributed by atoms with Crippen LogP contribution in [0.4, 0.5) is 37.8 Å². The molecule has 0 unspecified atom stereocenters. The molecule has 48 heavy (non-hydrogen) atoms. The standard InChI is InChI=1S/2C16H12ClF3N4/c1-7(2)22-16-13(12-9(19)5-8(18)6-10(12)20)14(17)15-11(23-16)3-4-21-24-15;1-7(2)22-15-13(12-9(19)5-8(18)6-10(12)20)16(17)23-11-3-4-21-24-14(11)15/h2*3-7H,1-2H3,(H,22,23). The first kappa shape index (κ1) is 34.5. The van der Waals surface area contributed by atoms with Gasteiger partial charge in [-0.15, -0.1) is 10.2 Å². The highest BCUT2D eigenvalue weighted by Crippen LogP contribution is 2.42. The zero-order chi connectivity index (χ0) is 34.9. The minimum absolute atomic E-state index is 0.0133. The summed E-state index contributed by atoms with van der Waals surface area (Å²) in [7, 11) is 0. The third-order valence-electron chi connectivity index (χ3n) is 6.58. The number of aromatic nitrogens is 6. The third kappa shape index (κ3) is 7.04. The maximum Gasteiger partial charge on any atom is 0.140 e. The summed E-state index contributed by atoms with van der Waals surface area (Å²) >= 11 is 12.5. The quantitative estimate of drug-likeness (QED) is 0.131. The highest BCUT2D eigenvalue weighted by Gasteiger charge is 2.25. The van der Waals surface area contributed by atoms with Crippen molar-refractivity contribution in [2.75, 3.05) is 10.6 Å². The lowest BCUT2D eigenvalue weighted by Gasteiger charge is -2.18. The molecule has 6 aromatic rings. The molecular formula is C32H24Cl2F6N8. The average Bonchev–Trinajstić information content (AvgIpc) is 2.99. The van der Waals surface area contributed by atoms with Crippen molar-refractivity contribution >= 4 is 56.8 Å². The number of nitrogens with zero attached hydrogens (tertiary/aromatic N) is 6. The van der Waals surface area contributed by atoms with Crippen molar-refractivity contribution in [1.82, 2.24) is 30.4 Å². The van der Waals surface area contributed by atoms with Crippen molar-refractivity contribution in [2.45, 2.75) is 39.8 Å². The van der Waals surface area contributed by atoms with Gasteiger partial charge in [0.05, 0.1) is 56.4 Å². The molecular weight excluding hydrogens is 681 g/mol. The van der Waals surface area contributed by atoms with Crippen LogP contribution in [0.1, 0.15) is 27.7 Å². The van der Waals surface area contributed by atoms with Gasteiger partial charge in [0.25, 0.3) is 0 Å². The van der Waals surface area contributed by atoms with Crippen molar-refractivity contribution in [1.29, 1.82) is 0 Å². The molecule has 8 nitrogen and oxygen atoms in total. The Labute approximate surface area is 279 Å². The van der Waals surface area contributed by atoms with Crippen LogP contribution in [0.3, 0.4) is 0 Å². The van der Waals surface area contributed by atoms with Crippen LogP contribution in [0.25, 0.3) is 44.3 Å². The van der Waals surface area contributed by atoms with Crippen molar-refractivity contribution in [3.63, 3.8) is 0 Å². The van der Waals surface area contributed by atoms with Gasteiger partial charge in [-0.1, -0.05) is 23.2 Å². The smallest absolute Gasteiger partial charge is 0.140 e. The molecule has 0 bridgehead atoms. The second-order valence-electron chi connectivity index (χ2n) is 10.9. The lowest BCUT2D eigenvalue weighted by atomic mass is 10.0. The van der Waals surface area contributed by atoms with E-state index in [1.165, 1.54) is 12.4 Å². The van der Waals surface area contributed by atoms with E-state index in [1.54, 1.807) is 12.1 Å². The fourth-order valence-corrected chi connectivity index (χ4v) is 5.37. The Bertz CT molecular complexity index is 2060. The molecule has 0 aliphatic heterocycles. The number of nitrogens with one attached hydrogen (secondary N) is 2. The molecule has 2 N–H and O–H groups in total. The van der Waals surface area contributed by atoms with Crippen LogP contribution in [0.5, 0.6) is 0 Å². The molecule has 0 aliphatic carbocycles. The summed E-state index contributed by atoms with van der Waals surface area (Å²) < 4.78 is 83.5. The van der Waals surface area contributed by atoms with Gasteiger partial charge in [-0.3, -0.25) is 0 Å². The van der Waals surface area contributed by atoms with Crippen molar-refractivity contribution in [3.8, 4) is 22.3 Å². The van der Waals surface area contributed by atoms with Crippen LogP contribution in [0, 0.1) is 34.9 Å². The van der Waals surface area contributed by atoms with E-state index in [0.29, 0.717) is 40.8 Å². The van der Waals surface area contributed by atoms with Gasteiger partial charge in [-0.2, -0.15) is 10.2 Å². The maximum absolute atomic E-state index is 14.3. The van der Waals surface area contributed by atoms with E-state index in [4.69, 9.17) is 23.2 Å². The van der Waals surface area contributed by atoms with Gasteiger partial charge in [0.1, 0.15) is 56.9 Å². The Morgan fingerprint density at radius 2 is 1.04 bits per heavy atom. The van der Waals surface area contributed by atoms with Crippen molar-refractivity contribution in [3.05, 3.63) is 93.9 Å². The van der Waals surface area contributed by atoms with Crippen LogP contribution in [0.2, 0.25) is 10.2 Å². The van der Waals surface area contributed by atoms with Crippen LogP contribution >= 0.6 is 23.2 Å². The third-order valence-corrected chi connectivity index (χ3v) is 7.22. The van der Waals surface area contributed by atoms with E-state index < -0.39 is 46.0 Å². The van der Waals surface area contributed by atoms with Crippen LogP contribution in [0.15, 0.2) is 48.8 Å².